The third kappa shape index (κ3) is 6.51. The maximum atomic E-state index is 13.8. The topological polar surface area (TPSA) is 101 Å². The maximum absolute atomic E-state index is 13.8. The number of carbonyl (C=O) groups excluding carboxylic acids is 1. The lowest BCUT2D eigenvalue weighted by molar-refractivity contribution is -0.143. The first-order chi connectivity index (χ1) is 20.5. The van der Waals surface area contributed by atoms with Crippen LogP contribution in [0.2, 0.25) is 0 Å². The van der Waals surface area contributed by atoms with Crippen LogP contribution < -0.4 is 19.1 Å². The van der Waals surface area contributed by atoms with E-state index in [0.29, 0.717) is 37.6 Å². The Morgan fingerprint density at radius 2 is 1.98 bits per heavy atom. The van der Waals surface area contributed by atoms with Crippen LogP contribution in [0.25, 0.3) is 0 Å². The van der Waals surface area contributed by atoms with E-state index in [4.69, 9.17) is 14.2 Å². The van der Waals surface area contributed by atoms with Gasteiger partial charge < -0.3 is 24.2 Å². The molecule has 2 aliphatic rings. The molecular formula is C33H39N3O6. The highest BCUT2D eigenvalue weighted by atomic mass is 16.5. The summed E-state index contributed by atoms with van der Waals surface area (Å²) in [5.41, 5.74) is 2.81. The number of carboxylic acids is 1. The fourth-order valence-electron chi connectivity index (χ4n) is 6.14. The molecular weight excluding hydrogens is 534 g/mol. The Kier molecular flexibility index (Phi) is 9.59. The Morgan fingerprint density at radius 3 is 2.71 bits per heavy atom. The third-order valence-corrected chi connectivity index (χ3v) is 8.25. The van der Waals surface area contributed by atoms with Crippen molar-refractivity contribution >= 4 is 17.6 Å². The van der Waals surface area contributed by atoms with E-state index in [1.54, 1.807) is 24.4 Å². The highest BCUT2D eigenvalue weighted by Crippen LogP contribution is 2.41. The second-order valence-electron chi connectivity index (χ2n) is 10.8. The number of fused-ring (bicyclic) bond motifs is 1. The molecule has 0 aliphatic carbocycles. The zero-order chi connectivity index (χ0) is 29.5. The molecule has 0 radical (unpaired) electrons. The number of hydrogen-bond acceptors (Lipinski definition) is 7. The molecule has 1 fully saturated rings. The predicted octanol–water partition coefficient (Wildman–Crippen LogP) is 4.80. The Morgan fingerprint density at radius 1 is 1.14 bits per heavy atom. The van der Waals surface area contributed by atoms with Crippen molar-refractivity contribution in [3.05, 3.63) is 78.1 Å². The van der Waals surface area contributed by atoms with Gasteiger partial charge in [-0.3, -0.25) is 19.5 Å². The number of amides is 1. The van der Waals surface area contributed by atoms with Gasteiger partial charge in [0.2, 0.25) is 5.91 Å². The molecule has 0 saturated carbocycles. The van der Waals surface area contributed by atoms with Crippen molar-refractivity contribution < 1.29 is 28.9 Å². The minimum atomic E-state index is -0.871. The zero-order valence-electron chi connectivity index (χ0n) is 24.3. The summed E-state index contributed by atoms with van der Waals surface area (Å²) in [6.07, 6.45) is 6.44. The summed E-state index contributed by atoms with van der Waals surface area (Å²) in [6, 6.07) is 16.7. The van der Waals surface area contributed by atoms with Gasteiger partial charge in [0.25, 0.3) is 0 Å². The maximum Gasteiger partial charge on any atom is 0.308 e. The van der Waals surface area contributed by atoms with E-state index in [1.165, 1.54) is 0 Å². The molecule has 9 nitrogen and oxygen atoms in total. The van der Waals surface area contributed by atoms with Crippen LogP contribution in [0.4, 0.5) is 5.69 Å². The van der Waals surface area contributed by atoms with E-state index in [-0.39, 0.29) is 25.0 Å². The van der Waals surface area contributed by atoms with Crippen molar-refractivity contribution in [3.63, 3.8) is 0 Å². The molecule has 1 N–H and O–H groups in total. The summed E-state index contributed by atoms with van der Waals surface area (Å²) in [7, 11) is 1.59. The number of carbonyl (C=O) groups is 2. The van der Waals surface area contributed by atoms with Crippen molar-refractivity contribution in [2.24, 2.45) is 5.92 Å². The molecule has 222 valence electrons. The van der Waals surface area contributed by atoms with Crippen LogP contribution in [0, 0.1) is 5.92 Å². The number of hydrogen-bond donors (Lipinski definition) is 1. The summed E-state index contributed by atoms with van der Waals surface area (Å²) in [5, 5.41) is 10.5. The Balaban J connectivity index is 1.41. The largest absolute Gasteiger partial charge is 0.493 e. The first-order valence-corrected chi connectivity index (χ1v) is 14.7. The summed E-state index contributed by atoms with van der Waals surface area (Å²) in [5.74, 6) is 0.155. The molecule has 1 unspecified atom stereocenters. The van der Waals surface area contributed by atoms with E-state index in [1.807, 2.05) is 53.4 Å². The summed E-state index contributed by atoms with van der Waals surface area (Å²) >= 11 is 0. The van der Waals surface area contributed by atoms with E-state index in [0.717, 1.165) is 41.8 Å². The van der Waals surface area contributed by atoms with Gasteiger partial charge in [-0.15, -0.1) is 0 Å². The van der Waals surface area contributed by atoms with Gasteiger partial charge in [-0.05, 0) is 54.3 Å². The van der Waals surface area contributed by atoms with Crippen molar-refractivity contribution in [2.45, 2.75) is 44.6 Å². The normalized spacial score (nSPS) is 19.6. The molecule has 3 atom stereocenters. The average molecular weight is 574 g/mol. The van der Waals surface area contributed by atoms with Gasteiger partial charge in [-0.2, -0.15) is 0 Å². The van der Waals surface area contributed by atoms with Crippen molar-refractivity contribution in [1.82, 2.24) is 9.88 Å². The first-order valence-electron chi connectivity index (χ1n) is 14.7. The number of unbranched alkanes of at least 4 members (excludes halogenated alkanes) is 1. The molecule has 9 heteroatoms. The lowest BCUT2D eigenvalue weighted by Crippen LogP contribution is -2.45. The highest BCUT2D eigenvalue weighted by Gasteiger charge is 2.47. The number of methoxy groups -OCH3 is 1. The van der Waals surface area contributed by atoms with Gasteiger partial charge in [0.1, 0.15) is 5.75 Å². The van der Waals surface area contributed by atoms with Crippen LogP contribution in [0.3, 0.4) is 0 Å². The summed E-state index contributed by atoms with van der Waals surface area (Å²) < 4.78 is 17.2. The number of likely N-dealkylation sites (tertiary alicyclic amines) is 1. The number of rotatable bonds is 13. The number of aliphatic carboxylic acids is 1. The molecule has 2 aromatic carbocycles. The third-order valence-electron chi connectivity index (χ3n) is 8.25. The number of nitrogens with zero attached hydrogens (tertiary/aromatic N) is 3. The number of aromatic nitrogens is 1. The molecule has 0 spiro atoms. The Hall–Kier alpha value is -4.11. The van der Waals surface area contributed by atoms with Gasteiger partial charge in [0, 0.05) is 37.7 Å². The molecule has 3 heterocycles. The number of para-hydroxylation sites is 2. The molecule has 3 aromatic rings. The second kappa shape index (κ2) is 13.7. The van der Waals surface area contributed by atoms with Gasteiger partial charge in [-0.25, -0.2) is 0 Å². The minimum Gasteiger partial charge on any atom is -0.493 e. The number of anilines is 1. The van der Waals surface area contributed by atoms with Gasteiger partial charge in [0.05, 0.1) is 44.7 Å². The van der Waals surface area contributed by atoms with Gasteiger partial charge in [0.15, 0.2) is 11.5 Å². The fourth-order valence-corrected chi connectivity index (χ4v) is 6.14. The fraction of sp³-hybridized carbons (Fsp3) is 0.424. The molecule has 0 bridgehead atoms. The van der Waals surface area contributed by atoms with Gasteiger partial charge in [-0.1, -0.05) is 37.6 Å². The molecule has 1 saturated heterocycles. The van der Waals surface area contributed by atoms with E-state index >= 15 is 0 Å². The minimum absolute atomic E-state index is 0.0701. The van der Waals surface area contributed by atoms with E-state index < -0.39 is 17.9 Å². The SMILES string of the molecule is CCCCN(C(=O)CN1C[C@H](c2ccc3c(c2)CCO3)C(C(=O)O)[C@@H]1CCOc1ccccc1OC)c1cccnc1. The summed E-state index contributed by atoms with van der Waals surface area (Å²) in [6.45, 7) is 4.15. The van der Waals surface area contributed by atoms with E-state index in [9.17, 15) is 14.7 Å². The molecule has 5 rings (SSSR count). The van der Waals surface area contributed by atoms with E-state index in [2.05, 4.69) is 18.0 Å². The number of ether oxygens (including phenoxy) is 3. The number of carboxylic acid groups (broad SMARTS) is 1. The Bertz CT molecular complexity index is 1370. The van der Waals surface area contributed by atoms with Crippen LogP contribution >= 0.6 is 0 Å². The number of pyridine rings is 1. The molecule has 1 aromatic heterocycles. The monoisotopic (exact) mass is 573 g/mol. The zero-order valence-corrected chi connectivity index (χ0v) is 24.3. The van der Waals surface area contributed by atoms with Crippen molar-refractivity contribution in [2.75, 3.05) is 44.9 Å². The molecule has 42 heavy (non-hydrogen) atoms. The molecule has 2 aliphatic heterocycles. The Labute approximate surface area is 247 Å². The highest BCUT2D eigenvalue weighted by molar-refractivity contribution is 5.94. The van der Waals surface area contributed by atoms with Crippen molar-refractivity contribution in [3.8, 4) is 17.2 Å². The van der Waals surface area contributed by atoms with Crippen LogP contribution in [0.15, 0.2) is 67.0 Å². The standard InChI is InChI=1S/C33H39N3O6/c1-3-4-16-36(25-8-7-15-34-20-25)31(37)22-35-21-26(23-11-12-28-24(19-23)13-17-41-28)32(33(38)39)27(35)14-18-42-30-10-6-5-9-29(30)40-2/h5-12,15,19-20,26-27,32H,3-4,13-14,16-18,21-22H2,1-2H3,(H,38,39)/t26-,27+,32?/m1/s1. The van der Waals surface area contributed by atoms with Crippen LogP contribution in [-0.2, 0) is 16.0 Å². The smallest absolute Gasteiger partial charge is 0.308 e. The lowest BCUT2D eigenvalue weighted by Gasteiger charge is -2.29. The quantitative estimate of drug-likeness (QED) is 0.311. The van der Waals surface area contributed by atoms with Gasteiger partial charge >= 0.3 is 5.97 Å². The van der Waals surface area contributed by atoms with Crippen LogP contribution in [0.5, 0.6) is 17.2 Å². The predicted molar refractivity (Wildman–Crippen MR) is 159 cm³/mol. The lowest BCUT2D eigenvalue weighted by atomic mass is 9.83. The molecule has 1 amide bonds. The second-order valence-corrected chi connectivity index (χ2v) is 10.8. The number of benzene rings is 2. The average Bonchev–Trinajstić information content (AvgIpc) is 3.62. The van der Waals surface area contributed by atoms with Crippen molar-refractivity contribution in [1.29, 1.82) is 0 Å². The first kappa shape index (κ1) is 29.4. The summed E-state index contributed by atoms with van der Waals surface area (Å²) in [4.78, 5) is 34.8. The van der Waals surface area contributed by atoms with Crippen LogP contribution in [-0.4, -0.2) is 72.9 Å². The van der Waals surface area contributed by atoms with Crippen LogP contribution in [0.1, 0.15) is 43.2 Å².